The highest BCUT2D eigenvalue weighted by Gasteiger charge is 2.45. The fourth-order valence-electron chi connectivity index (χ4n) is 4.53. The van der Waals surface area contributed by atoms with Gasteiger partial charge in [0.05, 0.1) is 6.04 Å². The minimum atomic E-state index is 0.117. The summed E-state index contributed by atoms with van der Waals surface area (Å²) in [6.45, 7) is 11.0. The fourth-order valence-corrected chi connectivity index (χ4v) is 4.53. The number of amides is 1. The van der Waals surface area contributed by atoms with E-state index in [1.54, 1.807) is 0 Å². The maximum Gasteiger partial charge on any atom is 0.226 e. The first-order valence-corrected chi connectivity index (χ1v) is 11.3. The van der Waals surface area contributed by atoms with E-state index in [2.05, 4.69) is 96.6 Å². The summed E-state index contributed by atoms with van der Waals surface area (Å²) in [6.07, 6.45) is 1.04. The number of rotatable bonds is 6. The van der Waals surface area contributed by atoms with Gasteiger partial charge in [-0.1, -0.05) is 60.7 Å². The van der Waals surface area contributed by atoms with Crippen molar-refractivity contribution >= 4 is 5.91 Å². The van der Waals surface area contributed by atoms with Crippen LogP contribution in [0.3, 0.4) is 0 Å². The SMILES string of the molecule is CC(C)(C)NC[C@@H]1C[C@H]1C(=O)N1CCN(C(c2ccccc2)c2ccccc2)CC1. The number of piperazine rings is 1. The number of carbonyl (C=O) groups excluding carboxylic acids is 1. The second kappa shape index (κ2) is 8.91. The van der Waals surface area contributed by atoms with Crippen molar-refractivity contribution in [2.45, 2.75) is 38.8 Å². The van der Waals surface area contributed by atoms with Gasteiger partial charge in [0.25, 0.3) is 0 Å². The number of hydrogen-bond acceptors (Lipinski definition) is 3. The van der Waals surface area contributed by atoms with Gasteiger partial charge in [-0.2, -0.15) is 0 Å². The van der Waals surface area contributed by atoms with Gasteiger partial charge in [-0.05, 0) is 50.8 Å². The Kier molecular flexibility index (Phi) is 6.26. The number of hydrogen-bond donors (Lipinski definition) is 1. The molecular formula is C26H35N3O. The monoisotopic (exact) mass is 405 g/mol. The minimum absolute atomic E-state index is 0.117. The molecule has 4 nitrogen and oxygen atoms in total. The zero-order valence-corrected chi connectivity index (χ0v) is 18.6. The van der Waals surface area contributed by atoms with E-state index in [4.69, 9.17) is 0 Å². The smallest absolute Gasteiger partial charge is 0.226 e. The lowest BCUT2D eigenvalue weighted by molar-refractivity contribution is -0.134. The molecule has 160 valence electrons. The molecule has 1 saturated carbocycles. The summed E-state index contributed by atoms with van der Waals surface area (Å²) in [5.41, 5.74) is 2.75. The van der Waals surface area contributed by atoms with E-state index in [9.17, 15) is 4.79 Å². The Morgan fingerprint density at radius 1 is 0.933 bits per heavy atom. The van der Waals surface area contributed by atoms with Crippen LogP contribution < -0.4 is 5.32 Å². The molecule has 2 aliphatic rings. The molecule has 0 radical (unpaired) electrons. The molecule has 1 aliphatic carbocycles. The average Bonchev–Trinajstić information content (AvgIpc) is 3.53. The summed E-state index contributed by atoms with van der Waals surface area (Å²) >= 11 is 0. The van der Waals surface area contributed by atoms with E-state index >= 15 is 0 Å². The summed E-state index contributed by atoms with van der Waals surface area (Å²) in [5.74, 6) is 1.10. The van der Waals surface area contributed by atoms with Crippen molar-refractivity contribution in [1.29, 1.82) is 0 Å². The van der Waals surface area contributed by atoms with Gasteiger partial charge in [0.15, 0.2) is 0 Å². The van der Waals surface area contributed by atoms with Crippen molar-refractivity contribution in [3.8, 4) is 0 Å². The lowest BCUT2D eigenvalue weighted by atomic mass is 9.96. The van der Waals surface area contributed by atoms with Crippen LogP contribution in [0.5, 0.6) is 0 Å². The first kappa shape index (κ1) is 21.1. The third kappa shape index (κ3) is 5.11. The van der Waals surface area contributed by atoms with Gasteiger partial charge in [-0.15, -0.1) is 0 Å². The van der Waals surface area contributed by atoms with Crippen LogP contribution in [-0.4, -0.2) is 54.0 Å². The molecule has 1 amide bonds. The van der Waals surface area contributed by atoms with Gasteiger partial charge in [-0.3, -0.25) is 9.69 Å². The third-order valence-electron chi connectivity index (χ3n) is 6.36. The highest BCUT2D eigenvalue weighted by molar-refractivity contribution is 5.81. The van der Waals surface area contributed by atoms with Crippen LogP contribution in [0, 0.1) is 11.8 Å². The summed E-state index contributed by atoms with van der Waals surface area (Å²) in [7, 11) is 0. The van der Waals surface area contributed by atoms with Crippen LogP contribution in [0.25, 0.3) is 0 Å². The summed E-state index contributed by atoms with van der Waals surface area (Å²) in [6, 6.07) is 21.7. The predicted octanol–water partition coefficient (Wildman–Crippen LogP) is 3.94. The largest absolute Gasteiger partial charge is 0.340 e. The molecule has 1 heterocycles. The van der Waals surface area contributed by atoms with E-state index in [1.165, 1.54) is 11.1 Å². The zero-order chi connectivity index (χ0) is 21.1. The summed E-state index contributed by atoms with van der Waals surface area (Å²) < 4.78 is 0. The van der Waals surface area contributed by atoms with Crippen LogP contribution >= 0.6 is 0 Å². The van der Waals surface area contributed by atoms with Crippen LogP contribution in [0.15, 0.2) is 60.7 Å². The fraction of sp³-hybridized carbons (Fsp3) is 0.500. The Morgan fingerprint density at radius 2 is 1.47 bits per heavy atom. The van der Waals surface area contributed by atoms with Gasteiger partial charge in [0.2, 0.25) is 5.91 Å². The molecule has 2 aromatic carbocycles. The number of nitrogens with zero attached hydrogens (tertiary/aromatic N) is 2. The molecule has 2 aromatic rings. The first-order valence-electron chi connectivity index (χ1n) is 11.3. The van der Waals surface area contributed by atoms with Crippen LogP contribution in [-0.2, 0) is 4.79 Å². The molecule has 2 fully saturated rings. The van der Waals surface area contributed by atoms with Gasteiger partial charge >= 0.3 is 0 Å². The summed E-state index contributed by atoms with van der Waals surface area (Å²) in [4.78, 5) is 17.6. The van der Waals surface area contributed by atoms with Crippen LogP contribution in [0.4, 0.5) is 0 Å². The zero-order valence-electron chi connectivity index (χ0n) is 18.6. The number of nitrogens with one attached hydrogen (secondary N) is 1. The van der Waals surface area contributed by atoms with Crippen molar-refractivity contribution in [1.82, 2.24) is 15.1 Å². The molecule has 1 saturated heterocycles. The molecule has 0 unspecified atom stereocenters. The first-order chi connectivity index (χ1) is 14.4. The molecule has 0 spiro atoms. The lowest BCUT2D eigenvalue weighted by Crippen LogP contribution is -2.50. The van der Waals surface area contributed by atoms with Gasteiger partial charge in [-0.25, -0.2) is 0 Å². The Morgan fingerprint density at radius 3 is 1.97 bits per heavy atom. The topological polar surface area (TPSA) is 35.6 Å². The molecular weight excluding hydrogens is 370 g/mol. The maximum atomic E-state index is 13.0. The Hall–Kier alpha value is -2.17. The molecule has 1 aliphatic heterocycles. The minimum Gasteiger partial charge on any atom is -0.340 e. The molecule has 30 heavy (non-hydrogen) atoms. The van der Waals surface area contributed by atoms with Crippen molar-refractivity contribution in [2.24, 2.45) is 11.8 Å². The van der Waals surface area contributed by atoms with Gasteiger partial charge < -0.3 is 10.2 Å². The molecule has 0 aromatic heterocycles. The number of carbonyl (C=O) groups is 1. The maximum absolute atomic E-state index is 13.0. The standard InChI is InChI=1S/C26H35N3O/c1-26(2,3)27-19-22-18-23(22)25(30)29-16-14-28(15-17-29)24(20-10-6-4-7-11-20)21-12-8-5-9-13-21/h4-13,22-24,27H,14-19H2,1-3H3/t22-,23+/m0/s1. The molecule has 0 bridgehead atoms. The van der Waals surface area contributed by atoms with E-state index in [0.29, 0.717) is 11.8 Å². The molecule has 1 N–H and O–H groups in total. The Bertz CT molecular complexity index is 783. The van der Waals surface area contributed by atoms with Gasteiger partial charge in [0, 0.05) is 37.6 Å². The highest BCUT2D eigenvalue weighted by atomic mass is 16.2. The van der Waals surface area contributed by atoms with Crippen molar-refractivity contribution < 1.29 is 4.79 Å². The van der Waals surface area contributed by atoms with Gasteiger partial charge in [0.1, 0.15) is 0 Å². The van der Waals surface area contributed by atoms with Crippen molar-refractivity contribution in [3.63, 3.8) is 0 Å². The Balaban J connectivity index is 1.37. The average molecular weight is 406 g/mol. The second-order valence-corrected chi connectivity index (χ2v) is 9.82. The molecule has 4 rings (SSSR count). The second-order valence-electron chi connectivity index (χ2n) is 9.82. The van der Waals surface area contributed by atoms with E-state index < -0.39 is 0 Å². The number of benzene rings is 2. The lowest BCUT2D eigenvalue weighted by Gasteiger charge is -2.40. The summed E-state index contributed by atoms with van der Waals surface area (Å²) in [5, 5.41) is 3.55. The quantitative estimate of drug-likeness (QED) is 0.791. The predicted molar refractivity (Wildman–Crippen MR) is 122 cm³/mol. The molecule has 4 heteroatoms. The molecule has 2 atom stereocenters. The van der Waals surface area contributed by atoms with Crippen LogP contribution in [0.1, 0.15) is 44.4 Å². The van der Waals surface area contributed by atoms with Crippen molar-refractivity contribution in [3.05, 3.63) is 71.8 Å². The van der Waals surface area contributed by atoms with E-state index in [0.717, 1.165) is 39.1 Å². The normalized spacial score (nSPS) is 22.3. The van der Waals surface area contributed by atoms with E-state index in [-0.39, 0.29) is 17.5 Å². The van der Waals surface area contributed by atoms with E-state index in [1.807, 2.05) is 0 Å². The third-order valence-corrected chi connectivity index (χ3v) is 6.36. The highest BCUT2D eigenvalue weighted by Crippen LogP contribution is 2.40. The van der Waals surface area contributed by atoms with Crippen LogP contribution in [0.2, 0.25) is 0 Å². The van der Waals surface area contributed by atoms with Crippen molar-refractivity contribution in [2.75, 3.05) is 32.7 Å². The Labute approximate surface area is 181 Å².